The summed E-state index contributed by atoms with van der Waals surface area (Å²) in [5.74, 6) is 1.64. The second-order valence-corrected chi connectivity index (χ2v) is 4.97. The average molecular weight is 275 g/mol. The van der Waals surface area contributed by atoms with Gasteiger partial charge in [0, 0.05) is 12.1 Å². The van der Waals surface area contributed by atoms with Gasteiger partial charge in [-0.25, -0.2) is 0 Å². The summed E-state index contributed by atoms with van der Waals surface area (Å²) in [6.07, 6.45) is 4.32. The van der Waals surface area contributed by atoms with Gasteiger partial charge in [0.05, 0.1) is 13.0 Å². The third-order valence-electron chi connectivity index (χ3n) is 3.66. The van der Waals surface area contributed by atoms with Crippen LogP contribution in [-0.4, -0.2) is 33.5 Å². The van der Waals surface area contributed by atoms with Crippen molar-refractivity contribution >= 4 is 0 Å². The van der Waals surface area contributed by atoms with Crippen molar-refractivity contribution in [1.29, 1.82) is 0 Å². The lowest BCUT2D eigenvalue weighted by atomic mass is 9.85. The quantitative estimate of drug-likeness (QED) is 0.906. The Kier molecular flexibility index (Phi) is 3.60. The first-order valence-electron chi connectivity index (χ1n) is 6.75. The van der Waals surface area contributed by atoms with E-state index in [1.807, 2.05) is 0 Å². The van der Waals surface area contributed by atoms with E-state index in [1.54, 1.807) is 19.2 Å². The number of rotatable bonds is 3. The van der Waals surface area contributed by atoms with Gasteiger partial charge in [-0.3, -0.25) is 0 Å². The van der Waals surface area contributed by atoms with Crippen LogP contribution in [0.4, 0.5) is 0 Å². The first kappa shape index (κ1) is 13.0. The van der Waals surface area contributed by atoms with E-state index in [4.69, 9.17) is 15.0 Å². The molecule has 106 valence electrons. The van der Waals surface area contributed by atoms with Crippen LogP contribution in [0.1, 0.15) is 37.5 Å². The number of aromatic nitrogens is 4. The van der Waals surface area contributed by atoms with E-state index < -0.39 is 0 Å². The lowest BCUT2D eigenvalue weighted by Crippen LogP contribution is -2.31. The van der Waals surface area contributed by atoms with Gasteiger partial charge in [0.25, 0.3) is 0 Å². The molecule has 0 bridgehead atoms. The fraction of sp³-hybridized carbons (Fsp3) is 0.538. The zero-order chi connectivity index (χ0) is 13.9. The van der Waals surface area contributed by atoms with Gasteiger partial charge < -0.3 is 15.0 Å². The van der Waals surface area contributed by atoms with E-state index in [0.717, 1.165) is 19.3 Å². The maximum Gasteiger partial charge on any atom is 0.233 e. The van der Waals surface area contributed by atoms with E-state index in [0.29, 0.717) is 23.3 Å². The summed E-state index contributed by atoms with van der Waals surface area (Å²) in [4.78, 5) is 4.41. The van der Waals surface area contributed by atoms with Gasteiger partial charge >= 0.3 is 0 Å². The molecule has 1 aliphatic carbocycles. The molecule has 2 atom stereocenters. The minimum atomic E-state index is 0.0963. The lowest BCUT2D eigenvalue weighted by molar-refractivity contribution is 0.290. The number of nitrogens with two attached hydrogens (primary N) is 1. The highest BCUT2D eigenvalue weighted by Gasteiger charge is 2.28. The number of nitrogens with zero attached hydrogens (tertiary/aromatic N) is 4. The Bertz CT molecular complexity index is 568. The molecule has 0 aromatic carbocycles. The predicted molar refractivity (Wildman–Crippen MR) is 71.1 cm³/mol. The van der Waals surface area contributed by atoms with Crippen LogP contribution in [0.5, 0.6) is 5.88 Å². The van der Waals surface area contributed by atoms with Crippen LogP contribution in [0.25, 0.3) is 11.5 Å². The first-order chi connectivity index (χ1) is 9.78. The summed E-state index contributed by atoms with van der Waals surface area (Å²) >= 11 is 0. The monoisotopic (exact) mass is 275 g/mol. The van der Waals surface area contributed by atoms with Crippen LogP contribution < -0.4 is 10.5 Å². The minimum absolute atomic E-state index is 0.0963. The summed E-state index contributed by atoms with van der Waals surface area (Å²) in [5.41, 5.74) is 6.68. The van der Waals surface area contributed by atoms with Gasteiger partial charge in [-0.15, -0.1) is 10.2 Å². The molecule has 2 N–H and O–H groups in total. The Balaban J connectivity index is 1.81. The average Bonchev–Trinajstić information content (AvgIpc) is 2.97. The minimum Gasteiger partial charge on any atom is -0.480 e. The summed E-state index contributed by atoms with van der Waals surface area (Å²) in [6.45, 7) is 0. The van der Waals surface area contributed by atoms with E-state index in [2.05, 4.69) is 20.3 Å². The van der Waals surface area contributed by atoms with Gasteiger partial charge in [-0.05, 0) is 18.9 Å². The van der Waals surface area contributed by atoms with Crippen LogP contribution in [0.3, 0.4) is 0 Å². The normalized spacial score (nSPS) is 22.7. The maximum atomic E-state index is 6.12. The summed E-state index contributed by atoms with van der Waals surface area (Å²) in [6, 6.07) is 3.56. The van der Waals surface area contributed by atoms with Gasteiger partial charge in [0.15, 0.2) is 0 Å². The largest absolute Gasteiger partial charge is 0.480 e. The highest BCUT2D eigenvalue weighted by Crippen LogP contribution is 2.31. The molecular weight excluding hydrogens is 258 g/mol. The van der Waals surface area contributed by atoms with Crippen molar-refractivity contribution in [3.63, 3.8) is 0 Å². The van der Waals surface area contributed by atoms with Gasteiger partial charge in [0.2, 0.25) is 17.6 Å². The predicted octanol–water partition coefficient (Wildman–Crippen LogP) is 1.52. The zero-order valence-electron chi connectivity index (χ0n) is 11.3. The molecule has 2 unspecified atom stereocenters. The van der Waals surface area contributed by atoms with Crippen molar-refractivity contribution < 1.29 is 9.26 Å². The van der Waals surface area contributed by atoms with Crippen LogP contribution in [0, 0.1) is 0 Å². The molecule has 0 saturated heterocycles. The summed E-state index contributed by atoms with van der Waals surface area (Å²) in [5, 5.41) is 11.9. The van der Waals surface area contributed by atoms with E-state index >= 15 is 0 Å². The smallest absolute Gasteiger partial charge is 0.233 e. The summed E-state index contributed by atoms with van der Waals surface area (Å²) in [7, 11) is 1.54. The third kappa shape index (κ3) is 2.49. The molecule has 3 rings (SSSR count). The molecule has 1 saturated carbocycles. The Morgan fingerprint density at radius 1 is 1.25 bits per heavy atom. The van der Waals surface area contributed by atoms with Crippen molar-refractivity contribution in [2.45, 2.75) is 37.6 Å². The van der Waals surface area contributed by atoms with Crippen LogP contribution in [-0.2, 0) is 0 Å². The fourth-order valence-electron chi connectivity index (χ4n) is 2.50. The van der Waals surface area contributed by atoms with E-state index in [-0.39, 0.29) is 12.0 Å². The van der Waals surface area contributed by atoms with Crippen LogP contribution in [0.2, 0.25) is 0 Å². The van der Waals surface area contributed by atoms with Crippen molar-refractivity contribution in [1.82, 2.24) is 20.3 Å². The van der Waals surface area contributed by atoms with Crippen LogP contribution in [0.15, 0.2) is 16.7 Å². The SMILES string of the molecule is COc1ccc(-c2noc(C3CCCCC3N)n2)nn1. The molecule has 2 aromatic rings. The highest BCUT2D eigenvalue weighted by atomic mass is 16.5. The number of ether oxygens (including phenoxy) is 1. The van der Waals surface area contributed by atoms with E-state index in [1.165, 1.54) is 6.42 Å². The highest BCUT2D eigenvalue weighted by molar-refractivity contribution is 5.47. The Morgan fingerprint density at radius 2 is 2.10 bits per heavy atom. The molecule has 0 amide bonds. The molecule has 1 fully saturated rings. The molecule has 0 radical (unpaired) electrons. The summed E-state index contributed by atoms with van der Waals surface area (Å²) < 4.78 is 10.3. The Labute approximate surface area is 116 Å². The second kappa shape index (κ2) is 5.54. The molecular formula is C13H17N5O2. The van der Waals surface area contributed by atoms with Crippen molar-refractivity contribution in [3.05, 3.63) is 18.0 Å². The zero-order valence-corrected chi connectivity index (χ0v) is 11.3. The molecule has 0 aliphatic heterocycles. The van der Waals surface area contributed by atoms with E-state index in [9.17, 15) is 0 Å². The van der Waals surface area contributed by atoms with Gasteiger partial charge in [0.1, 0.15) is 5.69 Å². The molecule has 7 nitrogen and oxygen atoms in total. The number of hydrogen-bond donors (Lipinski definition) is 1. The second-order valence-electron chi connectivity index (χ2n) is 4.97. The third-order valence-corrected chi connectivity index (χ3v) is 3.66. The van der Waals surface area contributed by atoms with Crippen molar-refractivity contribution in [2.24, 2.45) is 5.73 Å². The van der Waals surface area contributed by atoms with Gasteiger partial charge in [-0.2, -0.15) is 4.98 Å². The molecule has 2 heterocycles. The first-order valence-corrected chi connectivity index (χ1v) is 6.75. The standard InChI is InChI=1S/C13H17N5O2/c1-19-11-7-6-10(16-17-11)12-15-13(20-18-12)8-4-2-3-5-9(8)14/h6-9H,2-5,14H2,1H3. The molecule has 7 heteroatoms. The molecule has 0 spiro atoms. The molecule has 20 heavy (non-hydrogen) atoms. The molecule has 2 aromatic heterocycles. The van der Waals surface area contributed by atoms with Crippen LogP contribution >= 0.6 is 0 Å². The van der Waals surface area contributed by atoms with Crippen molar-refractivity contribution in [3.8, 4) is 17.4 Å². The van der Waals surface area contributed by atoms with Gasteiger partial charge in [-0.1, -0.05) is 18.0 Å². The topological polar surface area (TPSA) is 100.0 Å². The number of methoxy groups -OCH3 is 1. The maximum absolute atomic E-state index is 6.12. The fourth-order valence-corrected chi connectivity index (χ4v) is 2.50. The Hall–Kier alpha value is -2.02. The molecule has 1 aliphatic rings. The van der Waals surface area contributed by atoms with Crippen molar-refractivity contribution in [2.75, 3.05) is 7.11 Å². The number of hydrogen-bond acceptors (Lipinski definition) is 7. The lowest BCUT2D eigenvalue weighted by Gasteiger charge is -2.25. The Morgan fingerprint density at radius 3 is 2.80 bits per heavy atom.